The molecule has 1 fully saturated rings. The van der Waals surface area contributed by atoms with Crippen molar-refractivity contribution in [1.82, 2.24) is 10.2 Å². The van der Waals surface area contributed by atoms with E-state index in [1.807, 2.05) is 11.3 Å². The van der Waals surface area contributed by atoms with E-state index in [9.17, 15) is 0 Å². The van der Waals surface area contributed by atoms with Crippen molar-refractivity contribution in [3.05, 3.63) is 21.9 Å². The molecule has 16 heavy (non-hydrogen) atoms. The van der Waals surface area contributed by atoms with Crippen LogP contribution >= 0.6 is 11.3 Å². The summed E-state index contributed by atoms with van der Waals surface area (Å²) < 4.78 is 5.88. The zero-order chi connectivity index (χ0) is 11.5. The third-order valence-electron chi connectivity index (χ3n) is 3.04. The zero-order valence-corrected chi connectivity index (χ0v) is 11.0. The van der Waals surface area contributed by atoms with Crippen molar-refractivity contribution < 1.29 is 4.74 Å². The summed E-state index contributed by atoms with van der Waals surface area (Å²) in [4.78, 5) is 3.69. The summed E-state index contributed by atoms with van der Waals surface area (Å²) in [6, 6.07) is 2.56. The van der Waals surface area contributed by atoms with Crippen LogP contribution in [-0.4, -0.2) is 44.8 Å². The van der Waals surface area contributed by atoms with Crippen molar-refractivity contribution in [2.45, 2.75) is 19.1 Å². The summed E-state index contributed by atoms with van der Waals surface area (Å²) in [7, 11) is 4.25. The lowest BCUT2D eigenvalue weighted by molar-refractivity contribution is -0.0203. The van der Waals surface area contributed by atoms with Gasteiger partial charge in [0.05, 0.1) is 18.8 Å². The van der Waals surface area contributed by atoms with Gasteiger partial charge in [0, 0.05) is 18.0 Å². The molecule has 0 spiro atoms. The lowest BCUT2D eigenvalue weighted by Gasteiger charge is -2.35. The van der Waals surface area contributed by atoms with Crippen LogP contribution in [0.5, 0.6) is 0 Å². The molecule has 2 rings (SSSR count). The lowest BCUT2D eigenvalue weighted by atomic mass is 10.0. The molecular weight excluding hydrogens is 220 g/mol. The zero-order valence-electron chi connectivity index (χ0n) is 10.2. The van der Waals surface area contributed by atoms with Crippen LogP contribution in [0.25, 0.3) is 0 Å². The number of hydrogen-bond acceptors (Lipinski definition) is 4. The minimum Gasteiger partial charge on any atom is -0.374 e. The van der Waals surface area contributed by atoms with E-state index in [0.717, 1.165) is 19.7 Å². The van der Waals surface area contributed by atoms with Crippen LogP contribution in [0, 0.1) is 6.92 Å². The highest BCUT2D eigenvalue weighted by molar-refractivity contribution is 7.10. The Bertz CT molecular complexity index is 332. The second-order valence-electron chi connectivity index (χ2n) is 4.49. The van der Waals surface area contributed by atoms with Crippen molar-refractivity contribution in [1.29, 1.82) is 0 Å². The summed E-state index contributed by atoms with van der Waals surface area (Å²) in [5, 5.41) is 5.57. The second-order valence-corrected chi connectivity index (χ2v) is 5.44. The maximum atomic E-state index is 5.88. The Balaban J connectivity index is 2.19. The summed E-state index contributed by atoms with van der Waals surface area (Å²) >= 11 is 1.83. The molecule has 1 aliphatic heterocycles. The average molecular weight is 240 g/mol. The van der Waals surface area contributed by atoms with E-state index in [1.54, 1.807) is 0 Å². The van der Waals surface area contributed by atoms with Crippen LogP contribution in [0.15, 0.2) is 11.4 Å². The Morgan fingerprint density at radius 2 is 2.38 bits per heavy atom. The van der Waals surface area contributed by atoms with Gasteiger partial charge in [-0.2, -0.15) is 0 Å². The van der Waals surface area contributed by atoms with Gasteiger partial charge in [0.1, 0.15) is 0 Å². The van der Waals surface area contributed by atoms with Crippen molar-refractivity contribution in [2.24, 2.45) is 0 Å². The fraction of sp³-hybridized carbons (Fsp3) is 0.667. The first kappa shape index (κ1) is 12.0. The number of aryl methyl sites for hydroxylation is 1. The van der Waals surface area contributed by atoms with E-state index >= 15 is 0 Å². The number of hydrogen-bond donors (Lipinski definition) is 1. The van der Waals surface area contributed by atoms with Crippen LogP contribution in [0.4, 0.5) is 0 Å². The van der Waals surface area contributed by atoms with Gasteiger partial charge < -0.3 is 10.1 Å². The molecule has 2 heterocycles. The summed E-state index contributed by atoms with van der Waals surface area (Å²) in [5.41, 5.74) is 1.37. The van der Waals surface area contributed by atoms with Gasteiger partial charge in [-0.25, -0.2) is 0 Å². The predicted octanol–water partition coefficient (Wildman–Crippen LogP) is 1.65. The van der Waals surface area contributed by atoms with Gasteiger partial charge in [0.15, 0.2) is 0 Å². The SMILES string of the molecule is Cc1ccsc1C(C1CNCCO1)N(C)C. The molecule has 0 radical (unpaired) electrons. The van der Waals surface area contributed by atoms with Gasteiger partial charge >= 0.3 is 0 Å². The quantitative estimate of drug-likeness (QED) is 0.869. The van der Waals surface area contributed by atoms with Gasteiger partial charge in [-0.05, 0) is 38.0 Å². The second kappa shape index (κ2) is 5.27. The molecule has 2 atom stereocenters. The molecular formula is C12H20N2OS. The molecule has 90 valence electrons. The van der Waals surface area contributed by atoms with E-state index in [4.69, 9.17) is 4.74 Å². The smallest absolute Gasteiger partial charge is 0.0904 e. The molecule has 0 aliphatic carbocycles. The minimum absolute atomic E-state index is 0.265. The molecule has 3 nitrogen and oxygen atoms in total. The number of thiophene rings is 1. The summed E-state index contributed by atoms with van der Waals surface area (Å²) in [6.45, 7) is 4.91. The number of ether oxygens (including phenoxy) is 1. The average Bonchev–Trinajstić information content (AvgIpc) is 2.66. The maximum absolute atomic E-state index is 5.88. The molecule has 1 aromatic rings. The Morgan fingerprint density at radius 1 is 1.56 bits per heavy atom. The van der Waals surface area contributed by atoms with Gasteiger partial charge in [-0.3, -0.25) is 4.90 Å². The van der Waals surface area contributed by atoms with Crippen LogP contribution in [0.2, 0.25) is 0 Å². The molecule has 0 bridgehead atoms. The van der Waals surface area contributed by atoms with Gasteiger partial charge in [-0.1, -0.05) is 0 Å². The van der Waals surface area contributed by atoms with Crippen LogP contribution in [0.3, 0.4) is 0 Å². The third kappa shape index (κ3) is 2.46. The third-order valence-corrected chi connectivity index (χ3v) is 4.12. The van der Waals surface area contributed by atoms with Gasteiger partial charge in [-0.15, -0.1) is 11.3 Å². The highest BCUT2D eigenvalue weighted by Crippen LogP contribution is 2.31. The van der Waals surface area contributed by atoms with Crippen molar-refractivity contribution in [2.75, 3.05) is 33.8 Å². The first-order chi connectivity index (χ1) is 7.70. The Morgan fingerprint density at radius 3 is 2.88 bits per heavy atom. The number of nitrogens with zero attached hydrogens (tertiary/aromatic N) is 1. The number of nitrogens with one attached hydrogen (secondary N) is 1. The van der Waals surface area contributed by atoms with E-state index in [0.29, 0.717) is 6.04 Å². The van der Waals surface area contributed by atoms with Gasteiger partial charge in [0.25, 0.3) is 0 Å². The first-order valence-corrected chi connectivity index (χ1v) is 6.61. The highest BCUT2D eigenvalue weighted by Gasteiger charge is 2.29. The highest BCUT2D eigenvalue weighted by atomic mass is 32.1. The topological polar surface area (TPSA) is 24.5 Å². The monoisotopic (exact) mass is 240 g/mol. The molecule has 1 saturated heterocycles. The van der Waals surface area contributed by atoms with Crippen molar-refractivity contribution in [3.8, 4) is 0 Å². The number of likely N-dealkylation sites (N-methyl/N-ethyl adjacent to an activating group) is 1. The molecule has 0 aromatic carbocycles. The van der Waals surface area contributed by atoms with Crippen molar-refractivity contribution >= 4 is 11.3 Å². The number of rotatable bonds is 3. The molecule has 2 unspecified atom stereocenters. The van der Waals surface area contributed by atoms with E-state index in [2.05, 4.69) is 42.7 Å². The molecule has 1 N–H and O–H groups in total. The fourth-order valence-corrected chi connectivity index (χ4v) is 3.39. The van der Waals surface area contributed by atoms with E-state index in [-0.39, 0.29) is 6.10 Å². The standard InChI is InChI=1S/C12H20N2OS/c1-9-4-7-16-12(9)11(14(2)3)10-8-13-5-6-15-10/h4,7,10-11,13H,5-6,8H2,1-3H3. The normalized spacial score (nSPS) is 23.6. The molecule has 1 aliphatic rings. The van der Waals surface area contributed by atoms with Crippen LogP contribution < -0.4 is 5.32 Å². The summed E-state index contributed by atoms with van der Waals surface area (Å²) in [6.07, 6.45) is 0.265. The van der Waals surface area contributed by atoms with Crippen molar-refractivity contribution in [3.63, 3.8) is 0 Å². The maximum Gasteiger partial charge on any atom is 0.0904 e. The Hall–Kier alpha value is -0.420. The Kier molecular flexibility index (Phi) is 3.97. The number of morpholine rings is 1. The van der Waals surface area contributed by atoms with E-state index in [1.165, 1.54) is 10.4 Å². The Labute approximate surface area is 101 Å². The lowest BCUT2D eigenvalue weighted by Crippen LogP contribution is -2.45. The largest absolute Gasteiger partial charge is 0.374 e. The van der Waals surface area contributed by atoms with Gasteiger partial charge in [0.2, 0.25) is 0 Å². The summed E-state index contributed by atoms with van der Waals surface area (Å²) in [5.74, 6) is 0. The molecule has 1 aromatic heterocycles. The van der Waals surface area contributed by atoms with E-state index < -0.39 is 0 Å². The van der Waals surface area contributed by atoms with Crippen LogP contribution in [0.1, 0.15) is 16.5 Å². The predicted molar refractivity (Wildman–Crippen MR) is 68.1 cm³/mol. The first-order valence-electron chi connectivity index (χ1n) is 5.73. The minimum atomic E-state index is 0.265. The molecule has 0 amide bonds. The molecule has 0 saturated carbocycles. The fourth-order valence-electron chi connectivity index (χ4n) is 2.21. The van der Waals surface area contributed by atoms with Crippen LogP contribution in [-0.2, 0) is 4.74 Å². The molecule has 4 heteroatoms.